The molecule has 166 valence electrons. The number of nitrogens with zero attached hydrogens (tertiary/aromatic N) is 3. The van der Waals surface area contributed by atoms with E-state index in [4.69, 9.17) is 16.3 Å². The van der Waals surface area contributed by atoms with Crippen LogP contribution in [0.2, 0.25) is 5.02 Å². The largest absolute Gasteiger partial charge is 0.494 e. The third kappa shape index (κ3) is 5.01. The van der Waals surface area contributed by atoms with Gasteiger partial charge in [0.2, 0.25) is 0 Å². The average Bonchev–Trinajstić information content (AvgIpc) is 3.20. The summed E-state index contributed by atoms with van der Waals surface area (Å²) in [6.07, 6.45) is 0. The molecule has 0 spiro atoms. The number of hydrogen-bond donors (Lipinski definition) is 0. The van der Waals surface area contributed by atoms with Crippen molar-refractivity contribution in [2.24, 2.45) is 0 Å². The van der Waals surface area contributed by atoms with Crippen molar-refractivity contribution in [2.45, 2.75) is 11.8 Å². The van der Waals surface area contributed by atoms with Crippen LogP contribution in [0.3, 0.4) is 0 Å². The van der Waals surface area contributed by atoms with Gasteiger partial charge in [-0.3, -0.25) is 9.69 Å². The summed E-state index contributed by atoms with van der Waals surface area (Å²) < 4.78 is 30.3. The second kappa shape index (κ2) is 9.52. The minimum Gasteiger partial charge on any atom is -0.494 e. The van der Waals surface area contributed by atoms with E-state index in [1.807, 2.05) is 19.0 Å². The minimum atomic E-state index is -3.33. The van der Waals surface area contributed by atoms with Crippen molar-refractivity contribution >= 4 is 54.0 Å². The van der Waals surface area contributed by atoms with E-state index in [1.165, 1.54) is 35.6 Å². The van der Waals surface area contributed by atoms with Crippen molar-refractivity contribution in [3.8, 4) is 5.75 Å². The Morgan fingerprint density at radius 2 is 1.81 bits per heavy atom. The zero-order chi connectivity index (χ0) is 22.8. The monoisotopic (exact) mass is 481 g/mol. The molecule has 3 aromatic rings. The number of sulfone groups is 1. The van der Waals surface area contributed by atoms with E-state index in [0.717, 1.165) is 4.70 Å². The number of anilines is 1. The van der Waals surface area contributed by atoms with E-state index in [0.29, 0.717) is 40.1 Å². The fourth-order valence-electron chi connectivity index (χ4n) is 2.93. The number of thiazole rings is 1. The lowest BCUT2D eigenvalue weighted by atomic mass is 10.2. The third-order valence-corrected chi connectivity index (χ3v) is 8.04. The van der Waals surface area contributed by atoms with Crippen LogP contribution in [0.15, 0.2) is 41.3 Å². The number of ether oxygens (including phenoxy) is 1. The van der Waals surface area contributed by atoms with Crippen molar-refractivity contribution in [3.05, 3.63) is 47.0 Å². The summed E-state index contributed by atoms with van der Waals surface area (Å²) in [5.41, 5.74) is 0.980. The molecule has 1 amide bonds. The molecule has 0 saturated heterocycles. The van der Waals surface area contributed by atoms with Gasteiger partial charge in [0.15, 0.2) is 15.0 Å². The van der Waals surface area contributed by atoms with Crippen LogP contribution in [-0.4, -0.2) is 64.3 Å². The molecule has 0 atom stereocenters. The number of aromatic nitrogens is 1. The summed E-state index contributed by atoms with van der Waals surface area (Å²) in [4.78, 5) is 21.8. The summed E-state index contributed by atoms with van der Waals surface area (Å²) >= 11 is 7.66. The smallest absolute Gasteiger partial charge is 0.260 e. The van der Waals surface area contributed by atoms with Crippen LogP contribution in [-0.2, 0) is 9.84 Å². The lowest BCUT2D eigenvalue weighted by Crippen LogP contribution is -2.36. The molecule has 0 aliphatic heterocycles. The zero-order valence-electron chi connectivity index (χ0n) is 17.8. The van der Waals surface area contributed by atoms with Gasteiger partial charge < -0.3 is 9.64 Å². The van der Waals surface area contributed by atoms with Gasteiger partial charge in [0, 0.05) is 18.7 Å². The molecule has 31 heavy (non-hydrogen) atoms. The zero-order valence-corrected chi connectivity index (χ0v) is 20.1. The first kappa shape index (κ1) is 23.5. The molecular formula is C21H24ClN3O4S2. The van der Waals surface area contributed by atoms with Crippen molar-refractivity contribution in [1.82, 2.24) is 9.88 Å². The number of carbonyl (C=O) groups is 1. The summed E-state index contributed by atoms with van der Waals surface area (Å²) in [6.45, 7) is 2.61. The van der Waals surface area contributed by atoms with Crippen molar-refractivity contribution in [2.75, 3.05) is 44.9 Å². The fourth-order valence-corrected chi connectivity index (χ4v) is 5.10. The lowest BCUT2D eigenvalue weighted by Gasteiger charge is -2.22. The first-order valence-corrected chi connectivity index (χ1v) is 12.4. The highest BCUT2D eigenvalue weighted by Gasteiger charge is 2.24. The van der Waals surface area contributed by atoms with Crippen LogP contribution in [0.4, 0.5) is 5.13 Å². The molecule has 0 radical (unpaired) electrons. The number of halogens is 1. The second-order valence-corrected chi connectivity index (χ2v) is 10.8. The number of amides is 1. The van der Waals surface area contributed by atoms with Crippen LogP contribution >= 0.6 is 22.9 Å². The Kier molecular flexibility index (Phi) is 7.20. The lowest BCUT2D eigenvalue weighted by molar-refractivity contribution is 0.0985. The van der Waals surface area contributed by atoms with Gasteiger partial charge in [0.05, 0.1) is 27.5 Å². The van der Waals surface area contributed by atoms with Crippen LogP contribution in [0.25, 0.3) is 10.2 Å². The van der Waals surface area contributed by atoms with E-state index in [-0.39, 0.29) is 16.6 Å². The van der Waals surface area contributed by atoms with Crippen LogP contribution in [0.5, 0.6) is 5.75 Å². The van der Waals surface area contributed by atoms with E-state index in [9.17, 15) is 13.2 Å². The Morgan fingerprint density at radius 3 is 2.39 bits per heavy atom. The molecule has 2 aromatic carbocycles. The van der Waals surface area contributed by atoms with Gasteiger partial charge in [-0.2, -0.15) is 0 Å². The number of benzene rings is 2. The highest BCUT2D eigenvalue weighted by molar-refractivity contribution is 7.91. The van der Waals surface area contributed by atoms with Gasteiger partial charge in [0.25, 0.3) is 5.91 Å². The SMILES string of the molecule is CCS(=O)(=O)c1ccc(C(=O)N(CCN(C)C)c2nc3c(OC)ccc(Cl)c3s2)cc1. The fraction of sp³-hybridized carbons (Fsp3) is 0.333. The molecule has 3 rings (SSSR count). The standard InChI is InChI=1S/C21H24ClN3O4S2/c1-5-31(27,28)15-8-6-14(7-9-15)20(26)25(13-12-24(2)3)21-23-18-17(29-4)11-10-16(22)19(18)30-21/h6-11H,5,12-13H2,1-4H3. The molecule has 1 aromatic heterocycles. The molecule has 1 heterocycles. The Morgan fingerprint density at radius 1 is 1.13 bits per heavy atom. The van der Waals surface area contributed by atoms with E-state index in [1.54, 1.807) is 31.1 Å². The summed E-state index contributed by atoms with van der Waals surface area (Å²) in [7, 11) is 2.07. The first-order valence-electron chi connectivity index (χ1n) is 9.60. The number of fused-ring (bicyclic) bond motifs is 1. The van der Waals surface area contributed by atoms with Crippen molar-refractivity contribution in [1.29, 1.82) is 0 Å². The van der Waals surface area contributed by atoms with Crippen LogP contribution in [0.1, 0.15) is 17.3 Å². The third-order valence-electron chi connectivity index (χ3n) is 4.75. The Hall–Kier alpha value is -2.20. The summed E-state index contributed by atoms with van der Waals surface area (Å²) in [6, 6.07) is 9.49. The molecule has 0 N–H and O–H groups in total. The Labute approximate surface area is 191 Å². The highest BCUT2D eigenvalue weighted by Crippen LogP contribution is 2.39. The number of methoxy groups -OCH3 is 1. The van der Waals surface area contributed by atoms with E-state index >= 15 is 0 Å². The molecule has 0 aliphatic rings. The van der Waals surface area contributed by atoms with Gasteiger partial charge in [-0.15, -0.1) is 0 Å². The van der Waals surface area contributed by atoms with Crippen molar-refractivity contribution < 1.29 is 17.9 Å². The van der Waals surface area contributed by atoms with Gasteiger partial charge in [-0.1, -0.05) is 29.9 Å². The average molecular weight is 482 g/mol. The Balaban J connectivity index is 2.02. The number of likely N-dealkylation sites (N-methyl/N-ethyl adjacent to an activating group) is 1. The summed E-state index contributed by atoms with van der Waals surface area (Å²) in [5.74, 6) is 0.316. The van der Waals surface area contributed by atoms with Crippen LogP contribution < -0.4 is 9.64 Å². The molecule has 10 heteroatoms. The highest BCUT2D eigenvalue weighted by atomic mass is 35.5. The molecule has 0 saturated carbocycles. The maximum atomic E-state index is 13.4. The minimum absolute atomic E-state index is 0.00352. The normalized spacial score (nSPS) is 11.8. The maximum Gasteiger partial charge on any atom is 0.260 e. The van der Waals surface area contributed by atoms with Gasteiger partial charge in [-0.25, -0.2) is 13.4 Å². The predicted octanol–water partition coefficient (Wildman–Crippen LogP) is 3.96. The van der Waals surface area contributed by atoms with Gasteiger partial charge >= 0.3 is 0 Å². The maximum absolute atomic E-state index is 13.4. The molecule has 0 bridgehead atoms. The van der Waals surface area contributed by atoms with Gasteiger partial charge in [0.1, 0.15) is 11.3 Å². The van der Waals surface area contributed by atoms with E-state index in [2.05, 4.69) is 4.98 Å². The summed E-state index contributed by atoms with van der Waals surface area (Å²) in [5, 5.41) is 1.03. The first-order chi connectivity index (χ1) is 14.7. The van der Waals surface area contributed by atoms with Gasteiger partial charge in [-0.05, 0) is 50.5 Å². The second-order valence-electron chi connectivity index (χ2n) is 7.11. The molecule has 0 aliphatic carbocycles. The molecular weight excluding hydrogens is 458 g/mol. The predicted molar refractivity (Wildman–Crippen MR) is 126 cm³/mol. The van der Waals surface area contributed by atoms with Crippen molar-refractivity contribution in [3.63, 3.8) is 0 Å². The quantitative estimate of drug-likeness (QED) is 0.484. The van der Waals surface area contributed by atoms with Crippen LogP contribution in [0, 0.1) is 0 Å². The number of rotatable bonds is 8. The molecule has 0 fully saturated rings. The molecule has 0 unspecified atom stereocenters. The topological polar surface area (TPSA) is 79.8 Å². The van der Waals surface area contributed by atoms with E-state index < -0.39 is 9.84 Å². The Bertz CT molecular complexity index is 1190. The number of hydrogen-bond acceptors (Lipinski definition) is 7. The number of carbonyl (C=O) groups excluding carboxylic acids is 1. The molecule has 7 nitrogen and oxygen atoms in total.